The lowest BCUT2D eigenvalue weighted by Gasteiger charge is -2.13. The van der Waals surface area contributed by atoms with E-state index in [0.29, 0.717) is 0 Å². The van der Waals surface area contributed by atoms with E-state index in [1.54, 1.807) is 18.2 Å². The van der Waals surface area contributed by atoms with Crippen molar-refractivity contribution in [3.05, 3.63) is 30.3 Å². The highest BCUT2D eigenvalue weighted by atomic mass is 31.3. The van der Waals surface area contributed by atoms with Crippen LogP contribution < -0.4 is 4.52 Å². The van der Waals surface area contributed by atoms with Crippen LogP contribution in [0.3, 0.4) is 0 Å². The van der Waals surface area contributed by atoms with Crippen LogP contribution in [0.15, 0.2) is 43.9 Å². The van der Waals surface area contributed by atoms with Gasteiger partial charge in [-0.3, -0.25) is 0 Å². The van der Waals surface area contributed by atoms with E-state index in [1.165, 1.54) is 12.1 Å². The summed E-state index contributed by atoms with van der Waals surface area (Å²) < 4.78 is 53.0. The molecule has 2 rings (SSSR count). The second-order valence-electron chi connectivity index (χ2n) is 2.69. The van der Waals surface area contributed by atoms with Crippen molar-refractivity contribution in [2.75, 3.05) is 0 Å². The smallest absolute Gasteiger partial charge is 0.419 e. The SMILES string of the molecule is FP1(F)=NP=NP(F)(Oc2ccccc2)=N1. The number of hydrogen-bond acceptors (Lipinski definition) is 4. The summed E-state index contributed by atoms with van der Waals surface area (Å²) in [6.45, 7) is 0. The average molecular weight is 285 g/mol. The molecule has 0 saturated heterocycles. The van der Waals surface area contributed by atoms with E-state index in [0.717, 1.165) is 0 Å². The van der Waals surface area contributed by atoms with E-state index in [2.05, 4.69) is 13.5 Å². The van der Waals surface area contributed by atoms with Gasteiger partial charge in [0.2, 0.25) is 0 Å². The van der Waals surface area contributed by atoms with Gasteiger partial charge in [0.05, 0.1) is 0 Å². The first-order valence-corrected chi connectivity index (χ1v) is 7.78. The van der Waals surface area contributed by atoms with Gasteiger partial charge in [0.15, 0.2) is 8.52 Å². The summed E-state index contributed by atoms with van der Waals surface area (Å²) in [6.07, 6.45) is 0. The van der Waals surface area contributed by atoms with Crippen molar-refractivity contribution in [2.24, 2.45) is 13.5 Å². The van der Waals surface area contributed by atoms with E-state index in [4.69, 9.17) is 4.52 Å². The summed E-state index contributed by atoms with van der Waals surface area (Å²) in [7, 11) is -9.52. The fourth-order valence-electron chi connectivity index (χ4n) is 0.936. The third-order valence-electron chi connectivity index (χ3n) is 1.48. The number of benzene rings is 1. The maximum Gasteiger partial charge on any atom is 0.442 e. The Balaban J connectivity index is 2.33. The molecule has 0 bridgehead atoms. The highest BCUT2D eigenvalue weighted by Gasteiger charge is 2.31. The maximum atomic E-state index is 13.8. The molecule has 0 spiro atoms. The number of para-hydroxylation sites is 1. The Kier molecular flexibility index (Phi) is 3.20. The number of halogens is 3. The molecule has 0 amide bonds. The third-order valence-corrected chi connectivity index (χ3v) is 6.05. The summed E-state index contributed by atoms with van der Waals surface area (Å²) >= 11 is 0. The van der Waals surface area contributed by atoms with Crippen molar-refractivity contribution < 1.29 is 17.1 Å². The first kappa shape index (κ1) is 11.8. The van der Waals surface area contributed by atoms with Gasteiger partial charge >= 0.3 is 15.6 Å². The molecule has 1 atom stereocenters. The van der Waals surface area contributed by atoms with Crippen LogP contribution in [-0.2, 0) is 0 Å². The zero-order chi connectivity index (χ0) is 11.6. The van der Waals surface area contributed by atoms with Crippen molar-refractivity contribution in [2.45, 2.75) is 0 Å². The number of rotatable bonds is 2. The molecule has 0 radical (unpaired) electrons. The van der Waals surface area contributed by atoms with Gasteiger partial charge in [0.1, 0.15) is 5.75 Å². The van der Waals surface area contributed by atoms with Crippen LogP contribution in [-0.4, -0.2) is 0 Å². The maximum absolute atomic E-state index is 13.8. The molecule has 1 aromatic carbocycles. The van der Waals surface area contributed by atoms with Gasteiger partial charge in [0, 0.05) is 0 Å². The van der Waals surface area contributed by atoms with Crippen LogP contribution in [0.25, 0.3) is 0 Å². The molecule has 0 N–H and O–H groups in total. The topological polar surface area (TPSA) is 46.3 Å². The Hall–Kier alpha value is -0.630. The van der Waals surface area contributed by atoms with Gasteiger partial charge < -0.3 is 4.52 Å². The minimum Gasteiger partial charge on any atom is -0.419 e. The summed E-state index contributed by atoms with van der Waals surface area (Å²) in [5.41, 5.74) is 0. The molecular weight excluding hydrogens is 280 g/mol. The molecule has 86 valence electrons. The third kappa shape index (κ3) is 2.94. The minimum absolute atomic E-state index is 0.128. The molecule has 1 aliphatic heterocycles. The monoisotopic (exact) mass is 285 g/mol. The van der Waals surface area contributed by atoms with Crippen molar-refractivity contribution in [1.82, 2.24) is 0 Å². The van der Waals surface area contributed by atoms with Crippen molar-refractivity contribution >= 4 is 24.1 Å². The van der Waals surface area contributed by atoms with Gasteiger partial charge in [-0.2, -0.15) is 0 Å². The molecule has 0 saturated carbocycles. The molecule has 4 nitrogen and oxygen atoms in total. The van der Waals surface area contributed by atoms with Crippen molar-refractivity contribution in [3.8, 4) is 5.75 Å². The molecule has 1 aliphatic rings. The Morgan fingerprint density at radius 1 is 1.12 bits per heavy atom. The average Bonchev–Trinajstić information content (AvgIpc) is 2.16. The van der Waals surface area contributed by atoms with Gasteiger partial charge in [-0.05, 0) is 12.1 Å². The van der Waals surface area contributed by atoms with Crippen molar-refractivity contribution in [1.29, 1.82) is 0 Å². The van der Waals surface area contributed by atoms with E-state index in [9.17, 15) is 12.6 Å². The quantitative estimate of drug-likeness (QED) is 0.621. The van der Waals surface area contributed by atoms with Crippen LogP contribution >= 0.6 is 24.1 Å². The van der Waals surface area contributed by atoms with E-state index >= 15 is 0 Å². The van der Waals surface area contributed by atoms with E-state index < -0.39 is 15.6 Å². The molecular formula is C6H5F3N3OP3. The lowest BCUT2D eigenvalue weighted by Crippen LogP contribution is -1.85. The first-order chi connectivity index (χ1) is 7.49. The molecule has 0 fully saturated rings. The summed E-state index contributed by atoms with van der Waals surface area (Å²) in [4.78, 5) is 0. The lowest BCUT2D eigenvalue weighted by molar-refractivity contribution is 0.551. The van der Waals surface area contributed by atoms with Crippen LogP contribution in [0, 0.1) is 0 Å². The summed E-state index contributed by atoms with van der Waals surface area (Å²) in [5.74, 6) is 0.128. The summed E-state index contributed by atoms with van der Waals surface area (Å²) in [6, 6.07) is 7.79. The molecule has 1 unspecified atom stereocenters. The molecule has 0 aromatic heterocycles. The molecule has 0 aliphatic carbocycles. The van der Waals surface area contributed by atoms with Crippen molar-refractivity contribution in [3.63, 3.8) is 0 Å². The van der Waals surface area contributed by atoms with Gasteiger partial charge in [-0.15, -0.1) is 26.1 Å². The Morgan fingerprint density at radius 2 is 1.81 bits per heavy atom. The Morgan fingerprint density at radius 3 is 2.44 bits per heavy atom. The van der Waals surface area contributed by atoms with Gasteiger partial charge in [0.25, 0.3) is 0 Å². The standard InChI is InChI=1S/C6H5F3N3OP3/c7-15(8)10-14-11-16(9,12-15)13-6-4-2-1-3-5-6/h1-5H. The van der Waals surface area contributed by atoms with Gasteiger partial charge in [-0.25, -0.2) is 0 Å². The van der Waals surface area contributed by atoms with Crippen LogP contribution in [0.4, 0.5) is 12.6 Å². The minimum atomic E-state index is -4.90. The fraction of sp³-hybridized carbons (Fsp3) is 0. The second-order valence-corrected chi connectivity index (χ2v) is 7.06. The van der Waals surface area contributed by atoms with Crippen LogP contribution in [0.2, 0.25) is 0 Å². The lowest BCUT2D eigenvalue weighted by atomic mass is 10.3. The first-order valence-electron chi connectivity index (χ1n) is 4.00. The van der Waals surface area contributed by atoms with Gasteiger partial charge in [-0.1, -0.05) is 18.2 Å². The molecule has 1 heterocycles. The Bertz CT molecular complexity index is 526. The highest BCUT2D eigenvalue weighted by molar-refractivity contribution is 7.72. The fourth-order valence-corrected chi connectivity index (χ4v) is 4.85. The zero-order valence-electron chi connectivity index (χ0n) is 7.61. The van der Waals surface area contributed by atoms with Crippen LogP contribution in [0.1, 0.15) is 0 Å². The largest absolute Gasteiger partial charge is 0.442 e. The zero-order valence-corrected chi connectivity index (χ0v) is 10.3. The second kappa shape index (κ2) is 4.33. The number of nitrogens with zero attached hydrogens (tertiary/aromatic N) is 3. The highest BCUT2D eigenvalue weighted by Crippen LogP contribution is 2.72. The molecule has 16 heavy (non-hydrogen) atoms. The predicted molar refractivity (Wildman–Crippen MR) is 58.4 cm³/mol. The Labute approximate surface area is 91.5 Å². The summed E-state index contributed by atoms with van der Waals surface area (Å²) in [5, 5.41) is 0. The normalized spacial score (nSPS) is 27.7. The van der Waals surface area contributed by atoms with E-state index in [1.807, 2.05) is 0 Å². The molecule has 1 aromatic rings. The molecule has 10 heteroatoms. The number of hydrogen-bond donors (Lipinski definition) is 0. The van der Waals surface area contributed by atoms with E-state index in [-0.39, 0.29) is 14.3 Å². The predicted octanol–water partition coefficient (Wildman–Crippen LogP) is 5.92. The van der Waals surface area contributed by atoms with Crippen LogP contribution in [0.5, 0.6) is 5.75 Å².